The van der Waals surface area contributed by atoms with Crippen LogP contribution >= 0.6 is 0 Å². The second-order valence-electron chi connectivity index (χ2n) is 7.71. The van der Waals surface area contributed by atoms with Crippen molar-refractivity contribution in [2.45, 2.75) is 45.6 Å². The van der Waals surface area contributed by atoms with Crippen LogP contribution in [-0.2, 0) is 16.0 Å². The van der Waals surface area contributed by atoms with Gasteiger partial charge in [-0.15, -0.1) is 0 Å². The van der Waals surface area contributed by atoms with E-state index in [0.717, 1.165) is 25.9 Å². The van der Waals surface area contributed by atoms with E-state index >= 15 is 0 Å². The molecule has 1 saturated heterocycles. The monoisotopic (exact) mass is 348 g/mol. The summed E-state index contributed by atoms with van der Waals surface area (Å²) in [6, 6.07) is 6.65. The Hall–Kier alpha value is -1.95. The largest absolute Gasteiger partial charge is 0.469 e. The number of carbonyl (C=O) groups is 1. The van der Waals surface area contributed by atoms with Crippen LogP contribution in [0.4, 0.5) is 5.69 Å². The molecule has 1 aliphatic heterocycles. The van der Waals surface area contributed by atoms with Gasteiger partial charge in [-0.2, -0.15) is 0 Å². The average molecular weight is 348 g/mol. The van der Waals surface area contributed by atoms with E-state index in [4.69, 9.17) is 4.74 Å². The highest BCUT2D eigenvalue weighted by Gasteiger charge is 2.35. The number of piperidine rings is 1. The molecule has 1 heterocycles. The Morgan fingerprint density at radius 2 is 1.92 bits per heavy atom. The summed E-state index contributed by atoms with van der Waals surface area (Å²) in [5.41, 5.74) is 0.786. The fourth-order valence-corrected chi connectivity index (χ4v) is 3.66. The van der Waals surface area contributed by atoms with Crippen molar-refractivity contribution in [3.8, 4) is 0 Å². The normalized spacial score (nSPS) is 17.9. The first-order chi connectivity index (χ1) is 11.7. The van der Waals surface area contributed by atoms with Crippen molar-refractivity contribution < 1.29 is 14.5 Å². The zero-order chi connectivity index (χ0) is 18.6. The molecule has 0 N–H and O–H groups in total. The summed E-state index contributed by atoms with van der Waals surface area (Å²) in [6.07, 6.45) is 2.15. The van der Waals surface area contributed by atoms with Crippen molar-refractivity contribution in [3.63, 3.8) is 0 Å². The third kappa shape index (κ3) is 4.78. The van der Waals surface area contributed by atoms with E-state index in [9.17, 15) is 14.9 Å². The molecule has 1 aromatic rings. The van der Waals surface area contributed by atoms with E-state index in [1.807, 2.05) is 0 Å². The molecule has 138 valence electrons. The summed E-state index contributed by atoms with van der Waals surface area (Å²) in [5, 5.41) is 11.3. The Morgan fingerprint density at radius 1 is 1.32 bits per heavy atom. The highest BCUT2D eigenvalue weighted by Crippen LogP contribution is 2.33. The standard InChI is InChI=1S/C19H28N2O4/c1-19(2,3)20-11-9-14(10-12-20)16(18(22)25-4)13-15-7-5-6-8-17(15)21(23)24/h5-8,14,16H,9-13H2,1-4H3. The number of ether oxygens (including phenoxy) is 1. The molecule has 0 saturated carbocycles. The van der Waals surface area contributed by atoms with Crippen LogP contribution in [0.5, 0.6) is 0 Å². The lowest BCUT2D eigenvalue weighted by Gasteiger charge is -2.42. The number of rotatable bonds is 5. The molecule has 1 aliphatic rings. The maximum atomic E-state index is 12.4. The fraction of sp³-hybridized carbons (Fsp3) is 0.632. The van der Waals surface area contributed by atoms with E-state index in [1.54, 1.807) is 18.2 Å². The maximum absolute atomic E-state index is 12.4. The van der Waals surface area contributed by atoms with E-state index in [-0.39, 0.29) is 34.0 Å². The van der Waals surface area contributed by atoms with Gasteiger partial charge >= 0.3 is 5.97 Å². The molecule has 6 nitrogen and oxygen atoms in total. The minimum Gasteiger partial charge on any atom is -0.469 e. The topological polar surface area (TPSA) is 72.7 Å². The van der Waals surface area contributed by atoms with Crippen molar-refractivity contribution in [2.75, 3.05) is 20.2 Å². The predicted molar refractivity (Wildman–Crippen MR) is 96.4 cm³/mol. The van der Waals surface area contributed by atoms with Crippen LogP contribution in [0.1, 0.15) is 39.2 Å². The Morgan fingerprint density at radius 3 is 2.44 bits per heavy atom. The van der Waals surface area contributed by atoms with Gasteiger partial charge in [-0.25, -0.2) is 0 Å². The van der Waals surface area contributed by atoms with Crippen LogP contribution in [-0.4, -0.2) is 41.5 Å². The number of likely N-dealkylation sites (tertiary alicyclic amines) is 1. The highest BCUT2D eigenvalue weighted by atomic mass is 16.6. The zero-order valence-electron chi connectivity index (χ0n) is 15.5. The van der Waals surface area contributed by atoms with Gasteiger partial charge in [-0.1, -0.05) is 18.2 Å². The van der Waals surface area contributed by atoms with Crippen LogP contribution in [0.2, 0.25) is 0 Å². The maximum Gasteiger partial charge on any atom is 0.309 e. The van der Waals surface area contributed by atoms with E-state index in [2.05, 4.69) is 25.7 Å². The molecule has 1 unspecified atom stereocenters. The van der Waals surface area contributed by atoms with Crippen LogP contribution in [0.3, 0.4) is 0 Å². The second kappa shape index (κ2) is 7.95. The lowest BCUT2D eigenvalue weighted by atomic mass is 9.79. The van der Waals surface area contributed by atoms with Gasteiger partial charge < -0.3 is 4.74 Å². The molecule has 1 aromatic carbocycles. The third-order valence-electron chi connectivity index (χ3n) is 5.19. The Labute approximate surface area is 149 Å². The van der Waals surface area contributed by atoms with Crippen molar-refractivity contribution in [1.29, 1.82) is 0 Å². The molecule has 25 heavy (non-hydrogen) atoms. The first-order valence-corrected chi connectivity index (χ1v) is 8.79. The molecule has 6 heteroatoms. The summed E-state index contributed by atoms with van der Waals surface area (Å²) in [5.74, 6) is -0.425. The molecule has 0 aromatic heterocycles. The molecule has 0 radical (unpaired) electrons. The van der Waals surface area contributed by atoms with E-state index in [1.165, 1.54) is 13.2 Å². The first kappa shape index (κ1) is 19.4. The zero-order valence-corrected chi connectivity index (χ0v) is 15.5. The summed E-state index contributed by atoms with van der Waals surface area (Å²) in [7, 11) is 1.39. The lowest BCUT2D eigenvalue weighted by molar-refractivity contribution is -0.385. The van der Waals surface area contributed by atoms with E-state index < -0.39 is 0 Å². The number of hydrogen-bond acceptors (Lipinski definition) is 5. The van der Waals surface area contributed by atoms with Crippen LogP contribution in [0.25, 0.3) is 0 Å². The quantitative estimate of drug-likeness (QED) is 0.463. The van der Waals surface area contributed by atoms with Crippen molar-refractivity contribution >= 4 is 11.7 Å². The number of hydrogen-bond donors (Lipinski definition) is 0. The molecule has 1 fully saturated rings. The van der Waals surface area contributed by atoms with E-state index in [0.29, 0.717) is 12.0 Å². The molecule has 0 amide bonds. The summed E-state index contributed by atoms with van der Waals surface area (Å²) >= 11 is 0. The smallest absolute Gasteiger partial charge is 0.309 e. The van der Waals surface area contributed by atoms with Crippen molar-refractivity contribution in [3.05, 3.63) is 39.9 Å². The van der Waals surface area contributed by atoms with Crippen LogP contribution in [0, 0.1) is 22.0 Å². The minimum absolute atomic E-state index is 0.0727. The third-order valence-corrected chi connectivity index (χ3v) is 5.19. The number of nitro benzene ring substituents is 1. The number of esters is 1. The number of nitro groups is 1. The van der Waals surface area contributed by atoms with Gasteiger partial charge in [0.1, 0.15) is 0 Å². The second-order valence-corrected chi connectivity index (χ2v) is 7.71. The molecule has 1 atom stereocenters. The van der Waals surface area contributed by atoms with Crippen molar-refractivity contribution in [1.82, 2.24) is 4.90 Å². The average Bonchev–Trinajstić information content (AvgIpc) is 2.58. The summed E-state index contributed by atoms with van der Waals surface area (Å²) in [4.78, 5) is 25.7. The molecule has 0 aliphatic carbocycles. The number of para-hydroxylation sites is 1. The number of nitrogens with zero attached hydrogens (tertiary/aromatic N) is 2. The predicted octanol–water partition coefficient (Wildman–Crippen LogP) is 3.44. The SMILES string of the molecule is COC(=O)C(Cc1ccccc1[N+](=O)[O-])C1CCN(C(C)(C)C)CC1. The molecular weight excluding hydrogens is 320 g/mol. The molecule has 2 rings (SSSR count). The number of benzene rings is 1. The van der Waals surface area contributed by atoms with Gasteiger partial charge in [0.2, 0.25) is 0 Å². The minimum atomic E-state index is -0.383. The fourth-order valence-electron chi connectivity index (χ4n) is 3.66. The first-order valence-electron chi connectivity index (χ1n) is 8.79. The van der Waals surface area contributed by atoms with Gasteiger partial charge in [0, 0.05) is 17.2 Å². The Balaban J connectivity index is 2.16. The molecular formula is C19H28N2O4. The van der Waals surface area contributed by atoms with Crippen molar-refractivity contribution in [2.24, 2.45) is 11.8 Å². The van der Waals surface area contributed by atoms with Crippen LogP contribution in [0.15, 0.2) is 24.3 Å². The number of carbonyl (C=O) groups excluding carboxylic acids is 1. The number of methoxy groups -OCH3 is 1. The Kier molecular flexibility index (Phi) is 6.16. The lowest BCUT2D eigenvalue weighted by Crippen LogP contribution is -2.47. The Bertz CT molecular complexity index is 616. The van der Waals surface area contributed by atoms with Gasteiger partial charge in [0.15, 0.2) is 0 Å². The molecule has 0 bridgehead atoms. The van der Waals surface area contributed by atoms with Gasteiger partial charge in [-0.3, -0.25) is 19.8 Å². The van der Waals surface area contributed by atoms with Gasteiger partial charge in [0.05, 0.1) is 18.0 Å². The highest BCUT2D eigenvalue weighted by molar-refractivity contribution is 5.73. The van der Waals surface area contributed by atoms with Gasteiger partial charge in [-0.05, 0) is 59.0 Å². The van der Waals surface area contributed by atoms with Gasteiger partial charge in [0.25, 0.3) is 5.69 Å². The molecule has 0 spiro atoms. The summed E-state index contributed by atoms with van der Waals surface area (Å²) < 4.78 is 5.01. The summed E-state index contributed by atoms with van der Waals surface area (Å²) in [6.45, 7) is 8.44. The van der Waals surface area contributed by atoms with Crippen LogP contribution < -0.4 is 0 Å².